The summed E-state index contributed by atoms with van der Waals surface area (Å²) in [6.45, 7) is 5.49. The van der Waals surface area contributed by atoms with Crippen LogP contribution in [-0.4, -0.2) is 0 Å². The molecule has 0 aliphatic carbocycles. The Morgan fingerprint density at radius 2 is 1.64 bits per heavy atom. The van der Waals surface area contributed by atoms with E-state index in [9.17, 15) is 0 Å². The lowest BCUT2D eigenvalue weighted by atomic mass is 10.1. The maximum atomic E-state index is 6.11. The molecule has 3 aromatic carbocycles. The van der Waals surface area contributed by atoms with Crippen molar-refractivity contribution in [2.24, 2.45) is 0 Å². The fraction of sp³-hybridized carbons (Fsp3) is 0.182. The zero-order valence-corrected chi connectivity index (χ0v) is 16.1. The summed E-state index contributed by atoms with van der Waals surface area (Å²) < 4.78 is 7.16. The first-order chi connectivity index (χ1) is 12.1. The predicted molar refractivity (Wildman–Crippen MR) is 108 cm³/mol. The quantitative estimate of drug-likeness (QED) is 0.531. The molecular formula is C22H22BrNO. The first kappa shape index (κ1) is 17.6. The lowest BCUT2D eigenvalue weighted by Gasteiger charge is -2.14. The monoisotopic (exact) mass is 395 g/mol. The zero-order chi connectivity index (χ0) is 17.6. The fourth-order valence-electron chi connectivity index (χ4n) is 2.62. The SMILES string of the molecule is Cc1ccc(NCc2cc(Br)ccc2OCc2ccccc2C)cc1. The highest BCUT2D eigenvalue weighted by Crippen LogP contribution is 2.25. The van der Waals surface area contributed by atoms with Gasteiger partial charge in [0.15, 0.2) is 0 Å². The summed E-state index contributed by atoms with van der Waals surface area (Å²) in [5.41, 5.74) is 5.95. The number of aryl methyl sites for hydroxylation is 2. The van der Waals surface area contributed by atoms with Crippen LogP contribution in [0.5, 0.6) is 5.75 Å². The van der Waals surface area contributed by atoms with Gasteiger partial charge in [-0.05, 0) is 55.3 Å². The number of anilines is 1. The molecule has 0 unspecified atom stereocenters. The minimum absolute atomic E-state index is 0.575. The highest BCUT2D eigenvalue weighted by atomic mass is 79.9. The van der Waals surface area contributed by atoms with Crippen LogP contribution in [0.4, 0.5) is 5.69 Å². The van der Waals surface area contributed by atoms with Crippen molar-refractivity contribution in [3.8, 4) is 5.75 Å². The highest BCUT2D eigenvalue weighted by molar-refractivity contribution is 9.10. The summed E-state index contributed by atoms with van der Waals surface area (Å²) in [4.78, 5) is 0. The molecule has 0 bridgehead atoms. The molecule has 0 fully saturated rings. The molecule has 1 N–H and O–H groups in total. The van der Waals surface area contributed by atoms with E-state index in [1.54, 1.807) is 0 Å². The number of rotatable bonds is 6. The Morgan fingerprint density at radius 3 is 2.40 bits per heavy atom. The van der Waals surface area contributed by atoms with Crippen LogP contribution in [0.2, 0.25) is 0 Å². The van der Waals surface area contributed by atoms with E-state index in [1.807, 2.05) is 18.2 Å². The molecule has 3 heteroatoms. The molecule has 3 rings (SSSR count). The van der Waals surface area contributed by atoms with Gasteiger partial charge in [0, 0.05) is 22.3 Å². The number of benzene rings is 3. The zero-order valence-electron chi connectivity index (χ0n) is 14.6. The molecule has 2 nitrogen and oxygen atoms in total. The van der Waals surface area contributed by atoms with Crippen molar-refractivity contribution in [2.75, 3.05) is 5.32 Å². The van der Waals surface area contributed by atoms with Crippen molar-refractivity contribution in [3.63, 3.8) is 0 Å². The summed E-state index contributed by atoms with van der Waals surface area (Å²) in [5, 5.41) is 3.46. The summed E-state index contributed by atoms with van der Waals surface area (Å²) >= 11 is 3.56. The van der Waals surface area contributed by atoms with E-state index in [4.69, 9.17) is 4.74 Å². The third-order valence-electron chi connectivity index (χ3n) is 4.20. The summed E-state index contributed by atoms with van der Waals surface area (Å²) in [6.07, 6.45) is 0. The Morgan fingerprint density at radius 1 is 0.880 bits per heavy atom. The van der Waals surface area contributed by atoms with Crippen molar-refractivity contribution in [1.29, 1.82) is 0 Å². The minimum Gasteiger partial charge on any atom is -0.489 e. The molecule has 0 saturated carbocycles. The van der Waals surface area contributed by atoms with E-state index in [0.29, 0.717) is 13.2 Å². The molecule has 25 heavy (non-hydrogen) atoms. The average Bonchev–Trinajstić information content (AvgIpc) is 2.62. The van der Waals surface area contributed by atoms with Crippen LogP contribution in [0.3, 0.4) is 0 Å². The minimum atomic E-state index is 0.575. The van der Waals surface area contributed by atoms with Gasteiger partial charge in [-0.2, -0.15) is 0 Å². The Labute approximate surface area is 158 Å². The first-order valence-electron chi connectivity index (χ1n) is 8.38. The molecule has 0 aliphatic heterocycles. The van der Waals surface area contributed by atoms with Crippen LogP contribution in [-0.2, 0) is 13.2 Å². The second kappa shape index (κ2) is 8.21. The number of ether oxygens (including phenoxy) is 1. The number of hydrogen-bond acceptors (Lipinski definition) is 2. The lowest BCUT2D eigenvalue weighted by molar-refractivity contribution is 0.302. The van der Waals surface area contributed by atoms with Crippen LogP contribution in [0.25, 0.3) is 0 Å². The van der Waals surface area contributed by atoms with Gasteiger partial charge >= 0.3 is 0 Å². The van der Waals surface area contributed by atoms with E-state index in [1.165, 1.54) is 16.7 Å². The van der Waals surface area contributed by atoms with Crippen LogP contribution in [0, 0.1) is 13.8 Å². The molecule has 0 radical (unpaired) electrons. The second-order valence-electron chi connectivity index (χ2n) is 6.19. The third-order valence-corrected chi connectivity index (χ3v) is 4.69. The van der Waals surface area contributed by atoms with Gasteiger partial charge in [-0.25, -0.2) is 0 Å². The molecule has 3 aromatic rings. The van der Waals surface area contributed by atoms with Crippen molar-refractivity contribution in [1.82, 2.24) is 0 Å². The Bertz CT molecular complexity index is 843. The van der Waals surface area contributed by atoms with Crippen molar-refractivity contribution in [2.45, 2.75) is 27.0 Å². The van der Waals surface area contributed by atoms with Gasteiger partial charge in [0.2, 0.25) is 0 Å². The maximum absolute atomic E-state index is 6.11. The molecule has 0 heterocycles. The van der Waals surface area contributed by atoms with Crippen molar-refractivity contribution < 1.29 is 4.74 Å². The Balaban J connectivity index is 1.71. The normalized spacial score (nSPS) is 10.5. The van der Waals surface area contributed by atoms with E-state index in [-0.39, 0.29) is 0 Å². The van der Waals surface area contributed by atoms with Gasteiger partial charge in [0.25, 0.3) is 0 Å². The average molecular weight is 396 g/mol. The molecule has 128 valence electrons. The van der Waals surface area contributed by atoms with Gasteiger partial charge in [-0.15, -0.1) is 0 Å². The van der Waals surface area contributed by atoms with Gasteiger partial charge in [0.05, 0.1) is 0 Å². The number of halogens is 1. The maximum Gasteiger partial charge on any atom is 0.124 e. The van der Waals surface area contributed by atoms with Gasteiger partial charge in [0.1, 0.15) is 12.4 Å². The van der Waals surface area contributed by atoms with Crippen LogP contribution in [0.15, 0.2) is 71.2 Å². The Kier molecular flexibility index (Phi) is 5.77. The Hall–Kier alpha value is -2.26. The largest absolute Gasteiger partial charge is 0.489 e. The summed E-state index contributed by atoms with van der Waals surface area (Å²) in [6, 6.07) is 22.9. The molecular weight excluding hydrogens is 374 g/mol. The fourth-order valence-corrected chi connectivity index (χ4v) is 3.03. The van der Waals surface area contributed by atoms with Crippen LogP contribution < -0.4 is 10.1 Å². The van der Waals surface area contributed by atoms with E-state index >= 15 is 0 Å². The van der Waals surface area contributed by atoms with Gasteiger partial charge in [-0.3, -0.25) is 0 Å². The molecule has 0 aromatic heterocycles. The molecule has 0 saturated heterocycles. The van der Waals surface area contributed by atoms with Crippen molar-refractivity contribution >= 4 is 21.6 Å². The topological polar surface area (TPSA) is 21.3 Å². The predicted octanol–water partition coefficient (Wildman–Crippen LogP) is 6.26. The van der Waals surface area contributed by atoms with Crippen LogP contribution in [0.1, 0.15) is 22.3 Å². The van der Waals surface area contributed by atoms with Gasteiger partial charge < -0.3 is 10.1 Å². The smallest absolute Gasteiger partial charge is 0.124 e. The number of nitrogens with one attached hydrogen (secondary N) is 1. The molecule has 0 atom stereocenters. The second-order valence-corrected chi connectivity index (χ2v) is 7.10. The summed E-state index contributed by atoms with van der Waals surface area (Å²) in [5.74, 6) is 0.908. The first-order valence-corrected chi connectivity index (χ1v) is 9.17. The van der Waals surface area contributed by atoms with E-state index < -0.39 is 0 Å². The summed E-state index contributed by atoms with van der Waals surface area (Å²) in [7, 11) is 0. The molecule has 0 aliphatic rings. The third kappa shape index (κ3) is 4.86. The number of hydrogen-bond donors (Lipinski definition) is 1. The van der Waals surface area contributed by atoms with Crippen molar-refractivity contribution in [3.05, 3.63) is 93.5 Å². The van der Waals surface area contributed by atoms with E-state index in [2.05, 4.69) is 83.6 Å². The highest BCUT2D eigenvalue weighted by Gasteiger charge is 2.06. The molecule has 0 spiro atoms. The standard InChI is InChI=1S/C22H22BrNO/c1-16-7-10-21(11-8-16)24-14-19-13-20(23)9-12-22(19)25-15-18-6-4-3-5-17(18)2/h3-13,24H,14-15H2,1-2H3. The van der Waals surface area contributed by atoms with E-state index in [0.717, 1.165) is 21.5 Å². The van der Waals surface area contributed by atoms with Gasteiger partial charge in [-0.1, -0.05) is 57.9 Å². The molecule has 0 amide bonds. The van der Waals surface area contributed by atoms with Crippen LogP contribution >= 0.6 is 15.9 Å². The lowest BCUT2D eigenvalue weighted by Crippen LogP contribution is -2.04.